The topological polar surface area (TPSA) is 66.8 Å². The second kappa shape index (κ2) is 3.83. The lowest BCUT2D eigenvalue weighted by atomic mass is 10.2. The molecule has 0 unspecified atom stereocenters. The molecule has 1 radical (unpaired) electrons. The highest BCUT2D eigenvalue weighted by molar-refractivity contribution is 7.46. The monoisotopic (exact) mass is 187 g/mol. The Bertz CT molecular complexity index is 279. The van der Waals surface area contributed by atoms with Crippen molar-refractivity contribution >= 4 is 7.82 Å². The number of phosphoric acid groups is 1. The summed E-state index contributed by atoms with van der Waals surface area (Å²) in [6.45, 7) is 1.03. The Morgan fingerprint density at radius 2 is 1.83 bits per heavy atom. The van der Waals surface area contributed by atoms with Crippen molar-refractivity contribution in [3.8, 4) is 0 Å². The molecule has 2 N–H and O–H groups in total. The van der Waals surface area contributed by atoms with E-state index in [-0.39, 0.29) is 0 Å². The Hall–Kier alpha value is -0.670. The van der Waals surface area contributed by atoms with E-state index in [1.165, 1.54) is 0 Å². The first-order chi connectivity index (χ1) is 5.58. The van der Waals surface area contributed by atoms with Crippen LogP contribution in [0.15, 0.2) is 30.3 Å². The SMILES string of the molecule is O=P(O)(O)O[CH]c1ccccc1. The van der Waals surface area contributed by atoms with Gasteiger partial charge in [-0.15, -0.1) is 0 Å². The molecular weight excluding hydrogens is 179 g/mol. The van der Waals surface area contributed by atoms with Crippen LogP contribution >= 0.6 is 7.82 Å². The lowest BCUT2D eigenvalue weighted by Crippen LogP contribution is -1.86. The van der Waals surface area contributed by atoms with E-state index >= 15 is 0 Å². The van der Waals surface area contributed by atoms with Gasteiger partial charge in [-0.3, -0.25) is 4.52 Å². The zero-order valence-electron chi connectivity index (χ0n) is 6.12. The number of hydrogen-bond acceptors (Lipinski definition) is 2. The molecule has 0 aromatic heterocycles. The highest BCUT2D eigenvalue weighted by Gasteiger charge is 2.13. The van der Waals surface area contributed by atoms with Crippen LogP contribution in [0.4, 0.5) is 0 Å². The van der Waals surface area contributed by atoms with Crippen LogP contribution in [0.25, 0.3) is 0 Å². The summed E-state index contributed by atoms with van der Waals surface area (Å²) in [6.07, 6.45) is 0. The molecule has 4 nitrogen and oxygen atoms in total. The van der Waals surface area contributed by atoms with Gasteiger partial charge in [-0.05, 0) is 5.56 Å². The minimum Gasteiger partial charge on any atom is -0.303 e. The number of phosphoric ester groups is 1. The fraction of sp³-hybridized carbons (Fsp3) is 0. The third-order valence-corrected chi connectivity index (χ3v) is 1.51. The van der Waals surface area contributed by atoms with Gasteiger partial charge in [-0.1, -0.05) is 30.3 Å². The molecule has 0 spiro atoms. The number of rotatable bonds is 3. The maximum atomic E-state index is 10.2. The van der Waals surface area contributed by atoms with Crippen LogP contribution in [-0.2, 0) is 9.09 Å². The van der Waals surface area contributed by atoms with Gasteiger partial charge in [-0.25, -0.2) is 4.57 Å². The molecule has 0 heterocycles. The first-order valence-electron chi connectivity index (χ1n) is 3.20. The molecule has 0 aliphatic heterocycles. The van der Waals surface area contributed by atoms with E-state index in [0.717, 1.165) is 6.61 Å². The molecule has 0 bridgehead atoms. The summed E-state index contributed by atoms with van der Waals surface area (Å²) in [6, 6.07) is 8.64. The molecule has 65 valence electrons. The van der Waals surface area contributed by atoms with Crippen LogP contribution in [0.1, 0.15) is 5.56 Å². The summed E-state index contributed by atoms with van der Waals surface area (Å²) in [5.41, 5.74) is 0.612. The van der Waals surface area contributed by atoms with Crippen molar-refractivity contribution in [3.05, 3.63) is 42.5 Å². The minimum absolute atomic E-state index is 0.612. The Kier molecular flexibility index (Phi) is 3.00. The highest BCUT2D eigenvalue weighted by atomic mass is 31.2. The zero-order chi connectivity index (χ0) is 9.03. The first kappa shape index (κ1) is 9.42. The number of hydrogen-bond donors (Lipinski definition) is 2. The largest absolute Gasteiger partial charge is 0.470 e. The molecule has 0 fully saturated rings. The van der Waals surface area contributed by atoms with Crippen LogP contribution in [0, 0.1) is 6.61 Å². The fourth-order valence-electron chi connectivity index (χ4n) is 0.661. The van der Waals surface area contributed by atoms with Crippen LogP contribution in [0.3, 0.4) is 0 Å². The van der Waals surface area contributed by atoms with Gasteiger partial charge in [0.1, 0.15) is 6.61 Å². The molecule has 1 aromatic carbocycles. The summed E-state index contributed by atoms with van der Waals surface area (Å²) in [5.74, 6) is 0. The minimum atomic E-state index is -4.39. The molecule has 0 aliphatic rings. The average molecular weight is 187 g/mol. The van der Waals surface area contributed by atoms with Crippen molar-refractivity contribution in [1.82, 2.24) is 0 Å². The van der Waals surface area contributed by atoms with Crippen molar-refractivity contribution in [2.24, 2.45) is 0 Å². The van der Waals surface area contributed by atoms with E-state index in [1.807, 2.05) is 0 Å². The first-order valence-corrected chi connectivity index (χ1v) is 4.73. The van der Waals surface area contributed by atoms with Crippen molar-refractivity contribution < 1.29 is 18.9 Å². The van der Waals surface area contributed by atoms with E-state index in [0.29, 0.717) is 5.56 Å². The summed E-state index contributed by atoms with van der Waals surface area (Å²) in [4.78, 5) is 16.7. The third kappa shape index (κ3) is 3.64. The molecule has 1 aromatic rings. The van der Waals surface area contributed by atoms with E-state index < -0.39 is 7.82 Å². The molecule has 0 saturated carbocycles. The van der Waals surface area contributed by atoms with Crippen molar-refractivity contribution in [3.63, 3.8) is 0 Å². The van der Waals surface area contributed by atoms with E-state index in [1.54, 1.807) is 30.3 Å². The van der Waals surface area contributed by atoms with E-state index in [2.05, 4.69) is 4.52 Å². The Morgan fingerprint density at radius 1 is 1.25 bits per heavy atom. The van der Waals surface area contributed by atoms with Crippen molar-refractivity contribution in [2.75, 3.05) is 0 Å². The van der Waals surface area contributed by atoms with Crippen LogP contribution in [-0.4, -0.2) is 9.79 Å². The molecular formula is C7H8O4P. The molecule has 0 saturated heterocycles. The summed E-state index contributed by atoms with van der Waals surface area (Å²) in [5, 5.41) is 0. The average Bonchev–Trinajstić information content (AvgIpc) is 2.02. The Morgan fingerprint density at radius 3 is 2.33 bits per heavy atom. The van der Waals surface area contributed by atoms with Gasteiger partial charge >= 0.3 is 7.82 Å². The third-order valence-electron chi connectivity index (χ3n) is 1.13. The molecule has 1 rings (SSSR count). The maximum Gasteiger partial charge on any atom is 0.470 e. The van der Waals surface area contributed by atoms with E-state index in [4.69, 9.17) is 9.79 Å². The number of benzene rings is 1. The Balaban J connectivity index is 2.50. The van der Waals surface area contributed by atoms with Crippen LogP contribution in [0.2, 0.25) is 0 Å². The normalized spacial score (nSPS) is 11.5. The predicted octanol–water partition coefficient (Wildman–Crippen LogP) is 1.31. The molecule has 5 heteroatoms. The fourth-order valence-corrected chi connectivity index (χ4v) is 0.920. The van der Waals surface area contributed by atoms with Crippen LogP contribution < -0.4 is 0 Å². The van der Waals surface area contributed by atoms with Gasteiger partial charge in [-0.2, -0.15) is 0 Å². The lowest BCUT2D eigenvalue weighted by molar-refractivity contribution is 0.242. The van der Waals surface area contributed by atoms with Gasteiger partial charge in [0.2, 0.25) is 0 Å². The summed E-state index contributed by atoms with van der Waals surface area (Å²) < 4.78 is 14.4. The molecule has 0 atom stereocenters. The zero-order valence-corrected chi connectivity index (χ0v) is 7.02. The van der Waals surface area contributed by atoms with Gasteiger partial charge in [0, 0.05) is 0 Å². The van der Waals surface area contributed by atoms with Gasteiger partial charge < -0.3 is 9.79 Å². The summed E-state index contributed by atoms with van der Waals surface area (Å²) in [7, 11) is -4.39. The molecule has 0 amide bonds. The van der Waals surface area contributed by atoms with Gasteiger partial charge in [0.15, 0.2) is 0 Å². The van der Waals surface area contributed by atoms with Crippen LogP contribution in [0.5, 0.6) is 0 Å². The molecule has 12 heavy (non-hydrogen) atoms. The van der Waals surface area contributed by atoms with Crippen molar-refractivity contribution in [1.29, 1.82) is 0 Å². The predicted molar refractivity (Wildman–Crippen MR) is 43.0 cm³/mol. The quantitative estimate of drug-likeness (QED) is 0.700. The smallest absolute Gasteiger partial charge is 0.303 e. The molecule has 0 aliphatic carbocycles. The Labute approximate surface area is 70.0 Å². The second-order valence-corrected chi connectivity index (χ2v) is 3.32. The van der Waals surface area contributed by atoms with Gasteiger partial charge in [0.25, 0.3) is 0 Å². The lowest BCUT2D eigenvalue weighted by Gasteiger charge is -2.03. The highest BCUT2D eigenvalue weighted by Crippen LogP contribution is 2.37. The maximum absolute atomic E-state index is 10.2. The standard InChI is InChI=1S/C7H8O4P/c8-12(9,10)11-6-7-4-2-1-3-5-7/h1-6H,(H2,8,9,10). The second-order valence-electron chi connectivity index (χ2n) is 2.12. The van der Waals surface area contributed by atoms with Gasteiger partial charge in [0.05, 0.1) is 0 Å². The van der Waals surface area contributed by atoms with E-state index in [9.17, 15) is 4.57 Å². The van der Waals surface area contributed by atoms with Crippen molar-refractivity contribution in [2.45, 2.75) is 0 Å². The summed E-state index contributed by atoms with van der Waals surface area (Å²) >= 11 is 0.